The van der Waals surface area contributed by atoms with E-state index in [4.69, 9.17) is 5.26 Å². The molecule has 140 valence electrons. The molecule has 0 amide bonds. The van der Waals surface area contributed by atoms with Crippen LogP contribution in [0, 0.1) is 17.2 Å². The third-order valence-corrected chi connectivity index (χ3v) is 5.43. The maximum atomic E-state index is 13.0. The standard InChI is InChI=1S/C19H18F3N5/c20-19(21,22)15-3-6-24-18(9-15)26-7-4-14-5-8-27(16(14)12-26)17-2-1-13(10-23)11-25-17/h1-3,6,9,11,14,16H,4-5,7-8,12H2. The monoisotopic (exact) mass is 373 g/mol. The topological polar surface area (TPSA) is 56.1 Å². The summed E-state index contributed by atoms with van der Waals surface area (Å²) in [4.78, 5) is 12.7. The van der Waals surface area contributed by atoms with Gasteiger partial charge in [-0.3, -0.25) is 0 Å². The van der Waals surface area contributed by atoms with Gasteiger partial charge >= 0.3 is 6.18 Å². The highest BCUT2D eigenvalue weighted by molar-refractivity contribution is 5.48. The number of fused-ring (bicyclic) bond motifs is 1. The Morgan fingerprint density at radius 2 is 1.89 bits per heavy atom. The minimum absolute atomic E-state index is 0.176. The molecule has 5 nitrogen and oxygen atoms in total. The second kappa shape index (κ2) is 6.72. The van der Waals surface area contributed by atoms with Crippen LogP contribution in [0.15, 0.2) is 36.7 Å². The van der Waals surface area contributed by atoms with E-state index in [2.05, 4.69) is 20.9 Å². The van der Waals surface area contributed by atoms with Gasteiger partial charge in [0, 0.05) is 32.0 Å². The van der Waals surface area contributed by atoms with Gasteiger partial charge in [-0.1, -0.05) is 0 Å². The first kappa shape index (κ1) is 17.6. The minimum atomic E-state index is -4.37. The van der Waals surface area contributed by atoms with Crippen molar-refractivity contribution in [3.8, 4) is 6.07 Å². The number of aromatic nitrogens is 2. The third kappa shape index (κ3) is 3.42. The van der Waals surface area contributed by atoms with E-state index in [0.717, 1.165) is 37.3 Å². The zero-order valence-corrected chi connectivity index (χ0v) is 14.5. The van der Waals surface area contributed by atoms with Gasteiger partial charge in [-0.15, -0.1) is 0 Å². The number of rotatable bonds is 2. The van der Waals surface area contributed by atoms with Crippen molar-refractivity contribution in [2.75, 3.05) is 29.4 Å². The molecule has 0 radical (unpaired) electrons. The van der Waals surface area contributed by atoms with Crippen LogP contribution < -0.4 is 9.80 Å². The van der Waals surface area contributed by atoms with Crippen molar-refractivity contribution in [1.82, 2.24) is 9.97 Å². The zero-order chi connectivity index (χ0) is 19.0. The molecule has 2 atom stereocenters. The molecule has 2 aromatic heterocycles. The van der Waals surface area contributed by atoms with Crippen molar-refractivity contribution in [1.29, 1.82) is 5.26 Å². The lowest BCUT2D eigenvalue weighted by molar-refractivity contribution is -0.137. The molecule has 2 aromatic rings. The lowest BCUT2D eigenvalue weighted by Crippen LogP contribution is -2.48. The molecule has 2 fully saturated rings. The van der Waals surface area contributed by atoms with Gasteiger partial charge in [-0.2, -0.15) is 18.4 Å². The molecule has 2 unspecified atom stereocenters. The van der Waals surface area contributed by atoms with Crippen LogP contribution in [-0.4, -0.2) is 35.6 Å². The van der Waals surface area contributed by atoms with Crippen LogP contribution in [0.25, 0.3) is 0 Å². The fourth-order valence-corrected chi connectivity index (χ4v) is 4.02. The third-order valence-electron chi connectivity index (χ3n) is 5.43. The van der Waals surface area contributed by atoms with Gasteiger partial charge in [-0.05, 0) is 43.0 Å². The van der Waals surface area contributed by atoms with Gasteiger partial charge in [0.1, 0.15) is 17.7 Å². The quantitative estimate of drug-likeness (QED) is 0.807. The van der Waals surface area contributed by atoms with Crippen LogP contribution in [0.4, 0.5) is 24.8 Å². The zero-order valence-electron chi connectivity index (χ0n) is 14.5. The fraction of sp³-hybridized carbons (Fsp3) is 0.421. The van der Waals surface area contributed by atoms with E-state index in [1.807, 2.05) is 11.0 Å². The Hall–Kier alpha value is -2.82. The summed E-state index contributed by atoms with van der Waals surface area (Å²) in [7, 11) is 0. The van der Waals surface area contributed by atoms with E-state index in [0.29, 0.717) is 30.4 Å². The number of pyridine rings is 2. The van der Waals surface area contributed by atoms with Crippen molar-refractivity contribution in [2.45, 2.75) is 25.1 Å². The molecule has 27 heavy (non-hydrogen) atoms. The smallest absolute Gasteiger partial charge is 0.355 e. The van der Waals surface area contributed by atoms with Gasteiger partial charge < -0.3 is 9.80 Å². The normalized spacial score (nSPS) is 22.4. The fourth-order valence-electron chi connectivity index (χ4n) is 4.02. The summed E-state index contributed by atoms with van der Waals surface area (Å²) in [5.74, 6) is 1.66. The van der Waals surface area contributed by atoms with Crippen LogP contribution >= 0.6 is 0 Å². The second-order valence-electron chi connectivity index (χ2n) is 6.96. The largest absolute Gasteiger partial charge is 0.416 e. The molecule has 2 aliphatic rings. The Bertz CT molecular complexity index is 859. The Morgan fingerprint density at radius 1 is 1.07 bits per heavy atom. The highest BCUT2D eigenvalue weighted by atomic mass is 19.4. The Balaban J connectivity index is 1.55. The van der Waals surface area contributed by atoms with Crippen molar-refractivity contribution in [3.63, 3.8) is 0 Å². The summed E-state index contributed by atoms with van der Waals surface area (Å²) in [5, 5.41) is 8.92. The van der Waals surface area contributed by atoms with E-state index in [1.54, 1.807) is 12.3 Å². The molecular weight excluding hydrogens is 355 g/mol. The molecule has 4 rings (SSSR count). The predicted molar refractivity (Wildman–Crippen MR) is 94.3 cm³/mol. The van der Waals surface area contributed by atoms with Gasteiger partial charge in [0.05, 0.1) is 17.2 Å². The number of halogens is 3. The molecule has 0 bridgehead atoms. The molecular formula is C19H18F3N5. The molecule has 2 saturated heterocycles. The van der Waals surface area contributed by atoms with Gasteiger partial charge in [-0.25, -0.2) is 9.97 Å². The average molecular weight is 373 g/mol. The van der Waals surface area contributed by atoms with Crippen molar-refractivity contribution in [3.05, 3.63) is 47.8 Å². The summed E-state index contributed by atoms with van der Waals surface area (Å²) < 4.78 is 39.0. The maximum Gasteiger partial charge on any atom is 0.416 e. The first-order valence-electron chi connectivity index (χ1n) is 8.87. The molecule has 0 aromatic carbocycles. The Labute approximate surface area is 155 Å². The predicted octanol–water partition coefficient (Wildman–Crippen LogP) is 3.47. The van der Waals surface area contributed by atoms with Crippen molar-refractivity contribution in [2.24, 2.45) is 5.92 Å². The van der Waals surface area contributed by atoms with E-state index >= 15 is 0 Å². The number of hydrogen-bond donors (Lipinski definition) is 0. The van der Waals surface area contributed by atoms with Crippen molar-refractivity contribution >= 4 is 11.6 Å². The summed E-state index contributed by atoms with van der Waals surface area (Å²) >= 11 is 0. The summed E-state index contributed by atoms with van der Waals surface area (Å²) in [6.07, 6.45) is 0.351. The van der Waals surface area contributed by atoms with Gasteiger partial charge in [0.2, 0.25) is 0 Å². The number of nitrogens with zero attached hydrogens (tertiary/aromatic N) is 5. The first-order chi connectivity index (χ1) is 13.0. The summed E-state index contributed by atoms with van der Waals surface area (Å²) in [6.45, 7) is 2.17. The number of alkyl halides is 3. The lowest BCUT2D eigenvalue weighted by Gasteiger charge is -2.39. The number of hydrogen-bond acceptors (Lipinski definition) is 5. The number of anilines is 2. The SMILES string of the molecule is N#Cc1ccc(N2CCC3CCN(c4cc(C(F)(F)F)ccn4)CC32)nc1. The molecule has 0 saturated carbocycles. The van der Waals surface area contributed by atoms with E-state index in [-0.39, 0.29) is 6.04 Å². The number of nitriles is 1. The van der Waals surface area contributed by atoms with Crippen LogP contribution in [0.3, 0.4) is 0 Å². The summed E-state index contributed by atoms with van der Waals surface area (Å²) in [5.41, 5.74) is -0.167. The molecule has 0 aliphatic carbocycles. The van der Waals surface area contributed by atoms with Crippen LogP contribution in [0.2, 0.25) is 0 Å². The summed E-state index contributed by atoms with van der Waals surface area (Å²) in [6, 6.07) is 7.93. The Kier molecular flexibility index (Phi) is 4.38. The highest BCUT2D eigenvalue weighted by Crippen LogP contribution is 2.36. The van der Waals surface area contributed by atoms with Crippen LogP contribution in [0.1, 0.15) is 24.0 Å². The van der Waals surface area contributed by atoms with Crippen LogP contribution in [-0.2, 0) is 6.18 Å². The van der Waals surface area contributed by atoms with Gasteiger partial charge in [0.25, 0.3) is 0 Å². The molecule has 8 heteroatoms. The molecule has 2 aliphatic heterocycles. The van der Waals surface area contributed by atoms with E-state index in [9.17, 15) is 13.2 Å². The molecule has 0 spiro atoms. The molecule has 0 N–H and O–H groups in total. The minimum Gasteiger partial charge on any atom is -0.355 e. The Morgan fingerprint density at radius 3 is 2.59 bits per heavy atom. The first-order valence-corrected chi connectivity index (χ1v) is 8.87. The van der Waals surface area contributed by atoms with E-state index < -0.39 is 11.7 Å². The van der Waals surface area contributed by atoms with Crippen molar-refractivity contribution < 1.29 is 13.2 Å². The van der Waals surface area contributed by atoms with E-state index in [1.165, 1.54) is 6.20 Å². The average Bonchev–Trinajstić information content (AvgIpc) is 3.11. The maximum absolute atomic E-state index is 13.0. The van der Waals surface area contributed by atoms with Gasteiger partial charge in [0.15, 0.2) is 0 Å². The lowest BCUT2D eigenvalue weighted by atomic mass is 9.92. The number of piperidine rings is 1. The highest BCUT2D eigenvalue weighted by Gasteiger charge is 2.40. The molecule has 4 heterocycles. The van der Waals surface area contributed by atoms with Crippen LogP contribution in [0.5, 0.6) is 0 Å². The second-order valence-corrected chi connectivity index (χ2v) is 6.96.